The summed E-state index contributed by atoms with van der Waals surface area (Å²) in [5, 5.41) is 9.34. The molecule has 0 spiro atoms. The molecule has 1 aromatic rings. The second-order valence-corrected chi connectivity index (χ2v) is 7.53. The Morgan fingerprint density at radius 3 is 3.05 bits per heavy atom. The number of imidazole rings is 1. The van der Waals surface area contributed by atoms with Gasteiger partial charge in [-0.05, 0) is 38.3 Å². The Hall–Kier alpha value is -0.960. The lowest BCUT2D eigenvalue weighted by Gasteiger charge is -2.31. The molecule has 1 atom stereocenters. The van der Waals surface area contributed by atoms with E-state index in [4.69, 9.17) is 0 Å². The second kappa shape index (κ2) is 8.05. The zero-order valence-electron chi connectivity index (χ0n) is 13.1. The second-order valence-electron chi connectivity index (χ2n) is 5.79. The van der Waals surface area contributed by atoms with Gasteiger partial charge in [0.05, 0.1) is 6.20 Å². The normalized spacial score (nSPS) is 20.4. The Morgan fingerprint density at radius 2 is 2.36 bits per heavy atom. The molecule has 126 valence electrons. The summed E-state index contributed by atoms with van der Waals surface area (Å²) < 4.78 is 26.8. The van der Waals surface area contributed by atoms with Gasteiger partial charge in [0, 0.05) is 26.1 Å². The maximum absolute atomic E-state index is 12.1. The number of likely N-dealkylation sites (tertiary alicyclic amines) is 1. The maximum atomic E-state index is 12.1. The van der Waals surface area contributed by atoms with Crippen LogP contribution in [0.25, 0.3) is 0 Å². The number of hydrogen-bond acceptors (Lipinski definition) is 5. The molecule has 7 nitrogen and oxygen atoms in total. The number of sulfonamides is 1. The van der Waals surface area contributed by atoms with Crippen molar-refractivity contribution in [2.75, 3.05) is 32.8 Å². The SMILES string of the molecule is CCc1ncc(S(=O)(=O)NCCCN2CCC[C@H](CO)C2)[nH]1. The van der Waals surface area contributed by atoms with E-state index in [1.54, 1.807) is 0 Å². The average molecular weight is 330 g/mol. The summed E-state index contributed by atoms with van der Waals surface area (Å²) in [6.45, 7) is 5.35. The number of rotatable bonds is 8. The highest BCUT2D eigenvalue weighted by Crippen LogP contribution is 2.15. The predicted octanol–water partition coefficient (Wildman–Crippen LogP) is 0.345. The molecular formula is C14H26N4O3S. The fourth-order valence-electron chi connectivity index (χ4n) is 2.75. The number of aromatic amines is 1. The van der Waals surface area contributed by atoms with Crippen molar-refractivity contribution in [3.8, 4) is 0 Å². The molecule has 0 unspecified atom stereocenters. The van der Waals surface area contributed by atoms with Crippen LogP contribution in [0.5, 0.6) is 0 Å². The number of hydrogen-bond donors (Lipinski definition) is 3. The Labute approximate surface area is 132 Å². The van der Waals surface area contributed by atoms with E-state index in [0.29, 0.717) is 24.7 Å². The lowest BCUT2D eigenvalue weighted by atomic mass is 9.99. The molecule has 1 saturated heterocycles. The first kappa shape index (κ1) is 17.4. The van der Waals surface area contributed by atoms with E-state index in [9.17, 15) is 13.5 Å². The van der Waals surface area contributed by atoms with E-state index in [2.05, 4.69) is 19.6 Å². The van der Waals surface area contributed by atoms with Crippen LogP contribution in [-0.4, -0.2) is 61.2 Å². The van der Waals surface area contributed by atoms with Gasteiger partial charge in [-0.1, -0.05) is 6.92 Å². The number of piperidine rings is 1. The van der Waals surface area contributed by atoms with Crippen LogP contribution in [0.2, 0.25) is 0 Å². The molecule has 3 N–H and O–H groups in total. The zero-order valence-corrected chi connectivity index (χ0v) is 13.9. The third kappa shape index (κ3) is 4.77. The third-order valence-corrected chi connectivity index (χ3v) is 5.40. The summed E-state index contributed by atoms with van der Waals surface area (Å²) in [5.74, 6) is 1.03. The highest BCUT2D eigenvalue weighted by molar-refractivity contribution is 7.89. The Bertz CT molecular complexity index is 558. The van der Waals surface area contributed by atoms with Gasteiger partial charge in [-0.25, -0.2) is 18.1 Å². The zero-order chi connectivity index (χ0) is 16.0. The van der Waals surface area contributed by atoms with Gasteiger partial charge in [-0.2, -0.15) is 0 Å². The highest BCUT2D eigenvalue weighted by Gasteiger charge is 2.19. The summed E-state index contributed by atoms with van der Waals surface area (Å²) in [5.41, 5.74) is 0. The number of aromatic nitrogens is 2. The van der Waals surface area contributed by atoms with Crippen LogP contribution in [0, 0.1) is 5.92 Å². The number of aliphatic hydroxyl groups is 1. The lowest BCUT2D eigenvalue weighted by molar-refractivity contribution is 0.120. The van der Waals surface area contributed by atoms with E-state index in [0.717, 1.165) is 38.9 Å². The van der Waals surface area contributed by atoms with Gasteiger partial charge in [0.1, 0.15) is 5.82 Å². The summed E-state index contributed by atoms with van der Waals surface area (Å²) >= 11 is 0. The van der Waals surface area contributed by atoms with Crippen molar-refractivity contribution >= 4 is 10.0 Å². The molecule has 1 aliphatic rings. The molecule has 0 bridgehead atoms. The minimum absolute atomic E-state index is 0.127. The lowest BCUT2D eigenvalue weighted by Crippen LogP contribution is -2.38. The van der Waals surface area contributed by atoms with Gasteiger partial charge >= 0.3 is 0 Å². The van der Waals surface area contributed by atoms with Crippen LogP contribution in [0.15, 0.2) is 11.2 Å². The predicted molar refractivity (Wildman–Crippen MR) is 84.0 cm³/mol. The van der Waals surface area contributed by atoms with Crippen LogP contribution in [0.1, 0.15) is 32.0 Å². The van der Waals surface area contributed by atoms with Crippen molar-refractivity contribution in [2.24, 2.45) is 5.92 Å². The van der Waals surface area contributed by atoms with Crippen LogP contribution < -0.4 is 4.72 Å². The van der Waals surface area contributed by atoms with Crippen molar-refractivity contribution in [2.45, 2.75) is 37.6 Å². The summed E-state index contributed by atoms with van der Waals surface area (Å²) in [7, 11) is -3.49. The molecule has 0 radical (unpaired) electrons. The van der Waals surface area contributed by atoms with Gasteiger partial charge < -0.3 is 15.0 Å². The van der Waals surface area contributed by atoms with Crippen molar-refractivity contribution in [1.82, 2.24) is 19.6 Å². The van der Waals surface area contributed by atoms with Crippen molar-refractivity contribution in [1.29, 1.82) is 0 Å². The third-order valence-electron chi connectivity index (χ3n) is 4.03. The molecule has 1 fully saturated rings. The van der Waals surface area contributed by atoms with Crippen LogP contribution >= 0.6 is 0 Å². The average Bonchev–Trinajstić information content (AvgIpc) is 3.02. The van der Waals surface area contributed by atoms with Gasteiger partial charge in [0.2, 0.25) is 0 Å². The summed E-state index contributed by atoms with van der Waals surface area (Å²) in [4.78, 5) is 9.12. The molecular weight excluding hydrogens is 304 g/mol. The van der Waals surface area contributed by atoms with Crippen LogP contribution in [-0.2, 0) is 16.4 Å². The molecule has 2 heterocycles. The monoisotopic (exact) mass is 330 g/mol. The first-order chi connectivity index (χ1) is 10.5. The molecule has 0 aliphatic carbocycles. The van der Waals surface area contributed by atoms with Gasteiger partial charge in [-0.3, -0.25) is 0 Å². The van der Waals surface area contributed by atoms with Crippen LogP contribution in [0.4, 0.5) is 0 Å². The van der Waals surface area contributed by atoms with Crippen LogP contribution in [0.3, 0.4) is 0 Å². The molecule has 2 rings (SSSR count). The summed E-state index contributed by atoms with van der Waals surface area (Å²) in [6, 6.07) is 0. The van der Waals surface area contributed by atoms with E-state index in [-0.39, 0.29) is 11.6 Å². The minimum Gasteiger partial charge on any atom is -0.396 e. The molecule has 0 amide bonds. The van der Waals surface area contributed by atoms with Gasteiger partial charge in [-0.15, -0.1) is 0 Å². The number of nitrogens with zero attached hydrogens (tertiary/aromatic N) is 2. The number of aryl methyl sites for hydroxylation is 1. The Kier molecular flexibility index (Phi) is 6.37. The molecule has 1 aromatic heterocycles. The largest absolute Gasteiger partial charge is 0.396 e. The van der Waals surface area contributed by atoms with E-state index in [1.165, 1.54) is 6.20 Å². The fraction of sp³-hybridized carbons (Fsp3) is 0.786. The maximum Gasteiger partial charge on any atom is 0.257 e. The first-order valence-corrected chi connectivity index (χ1v) is 9.40. The van der Waals surface area contributed by atoms with E-state index in [1.807, 2.05) is 6.92 Å². The molecule has 22 heavy (non-hydrogen) atoms. The minimum atomic E-state index is -3.49. The summed E-state index contributed by atoms with van der Waals surface area (Å²) in [6.07, 6.45) is 4.98. The number of aliphatic hydroxyl groups excluding tert-OH is 1. The Balaban J connectivity index is 1.73. The van der Waals surface area contributed by atoms with Gasteiger partial charge in [0.25, 0.3) is 10.0 Å². The molecule has 0 saturated carbocycles. The van der Waals surface area contributed by atoms with E-state index >= 15 is 0 Å². The van der Waals surface area contributed by atoms with Gasteiger partial charge in [0.15, 0.2) is 5.03 Å². The molecule has 0 aromatic carbocycles. The molecule has 8 heteroatoms. The first-order valence-electron chi connectivity index (χ1n) is 7.92. The highest BCUT2D eigenvalue weighted by atomic mass is 32.2. The Morgan fingerprint density at radius 1 is 1.55 bits per heavy atom. The molecule has 1 aliphatic heterocycles. The standard InChI is InChI=1S/C14H26N4O3S/c1-2-13-15-9-14(17-13)22(20,21)16-6-4-8-18-7-3-5-12(10-18)11-19/h9,12,16,19H,2-8,10-11H2,1H3,(H,15,17)/t12-/m0/s1. The fourth-order valence-corrected chi connectivity index (χ4v) is 3.76. The number of nitrogens with one attached hydrogen (secondary N) is 2. The van der Waals surface area contributed by atoms with E-state index < -0.39 is 10.0 Å². The van der Waals surface area contributed by atoms with Crippen molar-refractivity contribution < 1.29 is 13.5 Å². The quantitative estimate of drug-likeness (QED) is 0.597. The smallest absolute Gasteiger partial charge is 0.257 e. The van der Waals surface area contributed by atoms with Crippen molar-refractivity contribution in [3.63, 3.8) is 0 Å². The van der Waals surface area contributed by atoms with Crippen molar-refractivity contribution in [3.05, 3.63) is 12.0 Å². The number of H-pyrrole nitrogens is 1. The topological polar surface area (TPSA) is 98.3 Å².